The van der Waals surface area contributed by atoms with Crippen molar-refractivity contribution in [1.29, 1.82) is 0 Å². The van der Waals surface area contributed by atoms with Gasteiger partial charge in [-0.1, -0.05) is 24.3 Å². The average molecular weight is 560 g/mol. The Labute approximate surface area is 231 Å². The Bertz CT molecular complexity index is 1830. The summed E-state index contributed by atoms with van der Waals surface area (Å²) in [5.41, 5.74) is 1.74. The lowest BCUT2D eigenvalue weighted by Crippen LogP contribution is -2.35. The van der Waals surface area contributed by atoms with Crippen LogP contribution in [0.25, 0.3) is 22.2 Å². The summed E-state index contributed by atoms with van der Waals surface area (Å²) in [5.74, 6) is -2.93. The number of hydrogen-bond donors (Lipinski definition) is 3. The van der Waals surface area contributed by atoms with Crippen LogP contribution in [0.3, 0.4) is 0 Å². The third-order valence-corrected chi connectivity index (χ3v) is 6.62. The van der Waals surface area contributed by atoms with E-state index in [1.54, 1.807) is 24.3 Å². The molecule has 5 rings (SSSR count). The molecule has 3 aromatic carbocycles. The number of imidazole rings is 1. The van der Waals surface area contributed by atoms with E-state index in [1.165, 1.54) is 55.7 Å². The summed E-state index contributed by atoms with van der Waals surface area (Å²) in [5, 5.41) is 5.27. The van der Waals surface area contributed by atoms with Crippen molar-refractivity contribution in [2.45, 2.75) is 19.0 Å². The van der Waals surface area contributed by atoms with Crippen LogP contribution in [0, 0.1) is 17.5 Å². The number of halogens is 3. The number of aromatic nitrogens is 3. The summed E-state index contributed by atoms with van der Waals surface area (Å²) in [6, 6.07) is 16.2. The quantitative estimate of drug-likeness (QED) is 0.264. The molecule has 208 valence electrons. The van der Waals surface area contributed by atoms with E-state index in [9.17, 15) is 27.6 Å². The zero-order valence-corrected chi connectivity index (χ0v) is 21.8. The van der Waals surface area contributed by atoms with E-state index in [1.807, 2.05) is 0 Å². The van der Waals surface area contributed by atoms with Gasteiger partial charge in [-0.05, 0) is 66.1 Å². The smallest absolute Gasteiger partial charge is 0.326 e. The number of H-pyrrole nitrogens is 1. The second kappa shape index (κ2) is 11.5. The Morgan fingerprint density at radius 2 is 1.78 bits per heavy atom. The van der Waals surface area contributed by atoms with Crippen molar-refractivity contribution < 1.29 is 22.8 Å². The molecule has 3 N–H and O–H groups in total. The Balaban J connectivity index is 1.54. The zero-order valence-electron chi connectivity index (χ0n) is 21.8. The normalized spacial score (nSPS) is 11.8. The molecule has 5 aromatic rings. The third-order valence-electron chi connectivity index (χ3n) is 6.62. The van der Waals surface area contributed by atoms with Gasteiger partial charge >= 0.3 is 5.69 Å². The number of pyridine rings is 1. The Hall–Kier alpha value is -5.19. The maximum absolute atomic E-state index is 14.4. The van der Waals surface area contributed by atoms with E-state index in [0.717, 1.165) is 10.6 Å². The molecule has 11 heteroatoms. The number of aromatic amines is 1. The van der Waals surface area contributed by atoms with E-state index in [4.69, 9.17) is 0 Å². The van der Waals surface area contributed by atoms with Gasteiger partial charge in [0.05, 0.1) is 28.3 Å². The van der Waals surface area contributed by atoms with Crippen LogP contribution in [-0.2, 0) is 17.8 Å². The highest BCUT2D eigenvalue weighted by Gasteiger charge is 2.23. The van der Waals surface area contributed by atoms with Crippen molar-refractivity contribution in [3.05, 3.63) is 124 Å². The van der Waals surface area contributed by atoms with E-state index < -0.39 is 47.5 Å². The van der Waals surface area contributed by atoms with Crippen molar-refractivity contribution >= 4 is 22.8 Å². The molecular formula is C30H24F3N5O3. The predicted molar refractivity (Wildman–Crippen MR) is 147 cm³/mol. The number of carbonyl (C=O) groups is 2. The van der Waals surface area contributed by atoms with Crippen molar-refractivity contribution in [1.82, 2.24) is 25.2 Å². The molecule has 0 unspecified atom stereocenters. The topological polar surface area (TPSA) is 109 Å². The van der Waals surface area contributed by atoms with Crippen LogP contribution < -0.4 is 16.3 Å². The fraction of sp³-hybridized carbons (Fsp3) is 0.133. The summed E-state index contributed by atoms with van der Waals surface area (Å²) >= 11 is 0. The van der Waals surface area contributed by atoms with Crippen LogP contribution >= 0.6 is 0 Å². The first-order chi connectivity index (χ1) is 19.7. The zero-order chi connectivity index (χ0) is 29.1. The van der Waals surface area contributed by atoms with Crippen molar-refractivity contribution in [3.63, 3.8) is 0 Å². The fourth-order valence-corrected chi connectivity index (χ4v) is 4.72. The standard InChI is InChI=1S/C30H24F3N5O3/c1-34-29(40)22-14-18(7-9-23(22)33)21-6-3-11-35-28(21)25(13-17-4-2-5-19(31)12-17)36-27(39)16-38-26-15-20(32)8-10-24(26)37-30(38)41/h2-12,14-15,25H,13,16H2,1H3,(H,34,40)(H,36,39)(H,37,41)/t25-/m0/s1. The first kappa shape index (κ1) is 27.4. The second-order valence-corrected chi connectivity index (χ2v) is 9.34. The third kappa shape index (κ3) is 5.88. The van der Waals surface area contributed by atoms with Crippen LogP contribution in [0.2, 0.25) is 0 Å². The highest BCUT2D eigenvalue weighted by atomic mass is 19.1. The molecule has 0 aliphatic rings. The Kier molecular flexibility index (Phi) is 7.68. The lowest BCUT2D eigenvalue weighted by atomic mass is 9.94. The summed E-state index contributed by atoms with van der Waals surface area (Å²) in [7, 11) is 1.39. The van der Waals surface area contributed by atoms with Gasteiger partial charge in [-0.2, -0.15) is 0 Å². The minimum absolute atomic E-state index is 0.119. The largest absolute Gasteiger partial charge is 0.355 e. The van der Waals surface area contributed by atoms with Crippen LogP contribution in [0.4, 0.5) is 13.2 Å². The lowest BCUT2D eigenvalue weighted by molar-refractivity contribution is -0.122. The van der Waals surface area contributed by atoms with Crippen molar-refractivity contribution in [2.24, 2.45) is 0 Å². The minimum Gasteiger partial charge on any atom is -0.355 e. The highest BCUT2D eigenvalue weighted by molar-refractivity contribution is 5.95. The molecule has 0 fully saturated rings. The molecule has 0 spiro atoms. The SMILES string of the molecule is CNC(=O)c1cc(-c2cccnc2[C@H](Cc2cccc(F)c2)NC(=O)Cn2c(=O)[nH]c3ccc(F)cc32)ccc1F. The van der Waals surface area contributed by atoms with Gasteiger partial charge in [-0.3, -0.25) is 19.1 Å². The molecular weight excluding hydrogens is 535 g/mol. The summed E-state index contributed by atoms with van der Waals surface area (Å²) in [4.78, 5) is 45.2. The first-order valence-corrected chi connectivity index (χ1v) is 12.6. The molecule has 0 saturated heterocycles. The molecule has 2 aromatic heterocycles. The van der Waals surface area contributed by atoms with Crippen LogP contribution in [0.15, 0.2) is 83.8 Å². The number of rotatable bonds is 8. The number of benzene rings is 3. The molecule has 2 amide bonds. The Morgan fingerprint density at radius 1 is 0.976 bits per heavy atom. The molecule has 41 heavy (non-hydrogen) atoms. The van der Waals surface area contributed by atoms with Crippen molar-refractivity contribution in [3.8, 4) is 11.1 Å². The van der Waals surface area contributed by atoms with E-state index in [0.29, 0.717) is 27.9 Å². The maximum atomic E-state index is 14.4. The number of amides is 2. The molecule has 0 bridgehead atoms. The summed E-state index contributed by atoms with van der Waals surface area (Å²) in [6.45, 7) is -0.429. The van der Waals surface area contributed by atoms with Gasteiger partial charge in [0, 0.05) is 18.8 Å². The number of fused-ring (bicyclic) bond motifs is 1. The Morgan fingerprint density at radius 3 is 2.56 bits per heavy atom. The van der Waals surface area contributed by atoms with Gasteiger partial charge in [0.15, 0.2) is 0 Å². The van der Waals surface area contributed by atoms with Gasteiger partial charge in [-0.15, -0.1) is 0 Å². The minimum atomic E-state index is -0.827. The van der Waals surface area contributed by atoms with Crippen LogP contribution in [0.5, 0.6) is 0 Å². The van der Waals surface area contributed by atoms with E-state index >= 15 is 0 Å². The predicted octanol–water partition coefficient (Wildman–Crippen LogP) is 4.27. The average Bonchev–Trinajstić information content (AvgIpc) is 3.26. The number of carbonyl (C=O) groups excluding carboxylic acids is 2. The van der Waals surface area contributed by atoms with Gasteiger partial charge in [0.25, 0.3) is 5.91 Å². The molecule has 1 atom stereocenters. The molecule has 8 nitrogen and oxygen atoms in total. The van der Waals surface area contributed by atoms with Gasteiger partial charge in [0.1, 0.15) is 24.0 Å². The highest BCUT2D eigenvalue weighted by Crippen LogP contribution is 2.30. The summed E-state index contributed by atoms with van der Waals surface area (Å²) in [6.07, 6.45) is 1.63. The number of hydrogen-bond acceptors (Lipinski definition) is 4. The maximum Gasteiger partial charge on any atom is 0.326 e. The lowest BCUT2D eigenvalue weighted by Gasteiger charge is -2.22. The monoisotopic (exact) mass is 559 g/mol. The van der Waals surface area contributed by atoms with Crippen LogP contribution in [0.1, 0.15) is 27.7 Å². The first-order valence-electron chi connectivity index (χ1n) is 12.6. The van der Waals surface area contributed by atoms with E-state index in [2.05, 4.69) is 20.6 Å². The molecule has 0 aliphatic heterocycles. The molecule has 2 heterocycles. The molecule has 0 radical (unpaired) electrons. The second-order valence-electron chi connectivity index (χ2n) is 9.34. The van der Waals surface area contributed by atoms with Crippen LogP contribution in [-0.4, -0.2) is 33.4 Å². The van der Waals surface area contributed by atoms with Gasteiger partial charge in [0.2, 0.25) is 5.91 Å². The fourth-order valence-electron chi connectivity index (χ4n) is 4.72. The number of nitrogens with zero attached hydrogens (tertiary/aromatic N) is 2. The van der Waals surface area contributed by atoms with E-state index in [-0.39, 0.29) is 17.5 Å². The molecule has 0 saturated carbocycles. The van der Waals surface area contributed by atoms with Gasteiger partial charge < -0.3 is 15.6 Å². The van der Waals surface area contributed by atoms with Crippen molar-refractivity contribution in [2.75, 3.05) is 7.05 Å². The van der Waals surface area contributed by atoms with Gasteiger partial charge in [-0.25, -0.2) is 18.0 Å². The number of nitrogens with one attached hydrogen (secondary N) is 3. The summed E-state index contributed by atoms with van der Waals surface area (Å²) < 4.78 is 43.4. The molecule has 0 aliphatic carbocycles.